The highest BCUT2D eigenvalue weighted by Gasteiger charge is 2.14. The Morgan fingerprint density at radius 1 is 1.60 bits per heavy atom. The molecule has 0 saturated carbocycles. The van der Waals surface area contributed by atoms with Crippen molar-refractivity contribution >= 4 is 0 Å². The van der Waals surface area contributed by atoms with Gasteiger partial charge in [0, 0.05) is 13.3 Å². The highest BCUT2D eigenvalue weighted by molar-refractivity contribution is 5.34. The van der Waals surface area contributed by atoms with Gasteiger partial charge in [-0.2, -0.15) is 10.2 Å². The second-order valence-corrected chi connectivity index (χ2v) is 4.34. The summed E-state index contributed by atoms with van der Waals surface area (Å²) in [5, 5.41) is 12.7. The van der Waals surface area contributed by atoms with Crippen molar-refractivity contribution in [2.24, 2.45) is 0 Å². The van der Waals surface area contributed by atoms with E-state index >= 15 is 0 Å². The first kappa shape index (κ1) is 14.0. The van der Waals surface area contributed by atoms with Crippen molar-refractivity contribution in [2.45, 2.75) is 26.5 Å². The zero-order chi connectivity index (χ0) is 14.7. The smallest absolute Gasteiger partial charge is 0.269 e. The van der Waals surface area contributed by atoms with Gasteiger partial charge >= 0.3 is 0 Å². The van der Waals surface area contributed by atoms with Crippen molar-refractivity contribution in [2.75, 3.05) is 7.11 Å². The minimum absolute atomic E-state index is 0.122. The molecule has 0 aromatic carbocycles. The lowest BCUT2D eigenvalue weighted by atomic mass is 10.2. The minimum Gasteiger partial charge on any atom is -0.374 e. The molecule has 1 atom stereocenters. The summed E-state index contributed by atoms with van der Waals surface area (Å²) in [6.07, 6.45) is 1.32. The molecule has 0 spiro atoms. The number of pyridine rings is 1. The molecule has 7 heteroatoms. The molecule has 104 valence electrons. The molecule has 2 rings (SSSR count). The molecule has 0 bridgehead atoms. The Labute approximate surface area is 115 Å². The summed E-state index contributed by atoms with van der Waals surface area (Å²) in [6.45, 7) is 3.63. The van der Waals surface area contributed by atoms with Gasteiger partial charge in [0.25, 0.3) is 5.56 Å². The van der Waals surface area contributed by atoms with Gasteiger partial charge in [-0.1, -0.05) is 5.16 Å². The standard InChI is InChI=1S/C13H14N4O3/c1-8-4-5-17(13(18)10(8)6-14)7-11-15-12(16-20-11)9(2)19-3/h4-5,9H,7H2,1-3H3/t9-/m1/s1. The molecule has 0 saturated heterocycles. The summed E-state index contributed by atoms with van der Waals surface area (Å²) in [4.78, 5) is 16.2. The maximum atomic E-state index is 12.0. The van der Waals surface area contributed by atoms with Crippen molar-refractivity contribution in [3.8, 4) is 6.07 Å². The molecule has 0 unspecified atom stereocenters. The van der Waals surface area contributed by atoms with Crippen molar-refractivity contribution in [1.82, 2.24) is 14.7 Å². The Morgan fingerprint density at radius 3 is 3.00 bits per heavy atom. The summed E-state index contributed by atoms with van der Waals surface area (Å²) in [5.74, 6) is 0.710. The van der Waals surface area contributed by atoms with Crippen LogP contribution < -0.4 is 5.56 Å². The number of ether oxygens (including phenoxy) is 1. The second kappa shape index (κ2) is 5.67. The third-order valence-electron chi connectivity index (χ3n) is 2.99. The van der Waals surface area contributed by atoms with E-state index in [1.165, 1.54) is 4.57 Å². The fourth-order valence-electron chi connectivity index (χ4n) is 1.67. The zero-order valence-corrected chi connectivity index (χ0v) is 11.5. The molecule has 20 heavy (non-hydrogen) atoms. The number of rotatable bonds is 4. The molecule has 0 aliphatic heterocycles. The minimum atomic E-state index is -0.368. The highest BCUT2D eigenvalue weighted by Crippen LogP contribution is 2.12. The first-order valence-corrected chi connectivity index (χ1v) is 6.02. The molecule has 0 aliphatic carbocycles. The lowest BCUT2D eigenvalue weighted by molar-refractivity contribution is 0.109. The monoisotopic (exact) mass is 274 g/mol. The Bertz CT molecular complexity index is 711. The number of methoxy groups -OCH3 is 1. The van der Waals surface area contributed by atoms with Gasteiger partial charge in [-0.25, -0.2) is 0 Å². The molecule has 2 heterocycles. The van der Waals surface area contributed by atoms with Crippen LogP contribution in [0.5, 0.6) is 0 Å². The lowest BCUT2D eigenvalue weighted by Crippen LogP contribution is -2.23. The Balaban J connectivity index is 2.30. The molecule has 0 fully saturated rings. The van der Waals surface area contributed by atoms with Crippen LogP contribution in [0, 0.1) is 18.3 Å². The largest absolute Gasteiger partial charge is 0.374 e. The quantitative estimate of drug-likeness (QED) is 0.830. The van der Waals surface area contributed by atoms with E-state index in [2.05, 4.69) is 10.1 Å². The van der Waals surface area contributed by atoms with Gasteiger partial charge in [-0.05, 0) is 25.5 Å². The average Bonchev–Trinajstić information content (AvgIpc) is 2.90. The Morgan fingerprint density at radius 2 is 2.35 bits per heavy atom. The van der Waals surface area contributed by atoms with Crippen LogP contribution >= 0.6 is 0 Å². The van der Waals surface area contributed by atoms with E-state index in [0.29, 0.717) is 17.3 Å². The van der Waals surface area contributed by atoms with Crippen LogP contribution in [0.15, 0.2) is 21.6 Å². The lowest BCUT2D eigenvalue weighted by Gasteiger charge is -2.04. The fraction of sp³-hybridized carbons (Fsp3) is 0.385. The van der Waals surface area contributed by atoms with Crippen LogP contribution in [0.4, 0.5) is 0 Å². The van der Waals surface area contributed by atoms with Crippen LogP contribution in [-0.4, -0.2) is 21.8 Å². The second-order valence-electron chi connectivity index (χ2n) is 4.34. The number of hydrogen-bond donors (Lipinski definition) is 0. The third kappa shape index (κ3) is 2.60. The normalized spacial score (nSPS) is 12.1. The first-order chi connectivity index (χ1) is 9.56. The summed E-state index contributed by atoms with van der Waals surface area (Å²) in [7, 11) is 1.55. The van der Waals surface area contributed by atoms with E-state index in [0.717, 1.165) is 0 Å². The van der Waals surface area contributed by atoms with Gasteiger partial charge in [-0.15, -0.1) is 0 Å². The molecular weight excluding hydrogens is 260 g/mol. The molecule has 0 radical (unpaired) electrons. The van der Waals surface area contributed by atoms with E-state index in [9.17, 15) is 4.79 Å². The first-order valence-electron chi connectivity index (χ1n) is 6.02. The number of nitriles is 1. The van der Waals surface area contributed by atoms with E-state index in [-0.39, 0.29) is 23.8 Å². The molecular formula is C13H14N4O3. The molecule has 0 amide bonds. The number of nitrogens with zero attached hydrogens (tertiary/aromatic N) is 4. The van der Waals surface area contributed by atoms with Crippen molar-refractivity contribution in [3.63, 3.8) is 0 Å². The molecule has 2 aromatic rings. The van der Waals surface area contributed by atoms with E-state index in [1.54, 1.807) is 33.2 Å². The molecule has 2 aromatic heterocycles. The third-order valence-corrected chi connectivity index (χ3v) is 2.99. The van der Waals surface area contributed by atoms with Gasteiger partial charge in [0.1, 0.15) is 24.3 Å². The average molecular weight is 274 g/mol. The Kier molecular flexibility index (Phi) is 3.96. The predicted molar refractivity (Wildman–Crippen MR) is 69.0 cm³/mol. The zero-order valence-electron chi connectivity index (χ0n) is 11.5. The molecule has 7 nitrogen and oxygen atoms in total. The summed E-state index contributed by atoms with van der Waals surface area (Å²) >= 11 is 0. The number of aromatic nitrogens is 3. The van der Waals surface area contributed by atoms with E-state index in [1.807, 2.05) is 6.07 Å². The van der Waals surface area contributed by atoms with E-state index < -0.39 is 0 Å². The Hall–Kier alpha value is -2.46. The van der Waals surface area contributed by atoms with Crippen LogP contribution in [-0.2, 0) is 11.3 Å². The van der Waals surface area contributed by atoms with Crippen LogP contribution in [0.2, 0.25) is 0 Å². The summed E-state index contributed by atoms with van der Waals surface area (Å²) in [6, 6.07) is 3.61. The van der Waals surface area contributed by atoms with Crippen LogP contribution in [0.25, 0.3) is 0 Å². The van der Waals surface area contributed by atoms with Crippen LogP contribution in [0.1, 0.15) is 35.9 Å². The highest BCUT2D eigenvalue weighted by atomic mass is 16.5. The van der Waals surface area contributed by atoms with Crippen molar-refractivity contribution < 1.29 is 9.26 Å². The van der Waals surface area contributed by atoms with Crippen molar-refractivity contribution in [3.05, 3.63) is 45.5 Å². The summed E-state index contributed by atoms with van der Waals surface area (Å²) < 4.78 is 11.5. The van der Waals surface area contributed by atoms with Crippen molar-refractivity contribution in [1.29, 1.82) is 5.26 Å². The summed E-state index contributed by atoms with van der Waals surface area (Å²) in [5.41, 5.74) is 0.400. The van der Waals surface area contributed by atoms with E-state index in [4.69, 9.17) is 14.5 Å². The van der Waals surface area contributed by atoms with Gasteiger partial charge in [0.2, 0.25) is 5.89 Å². The maximum absolute atomic E-state index is 12.0. The van der Waals surface area contributed by atoms with Crippen LogP contribution in [0.3, 0.4) is 0 Å². The SMILES string of the molecule is CO[C@H](C)c1noc(Cn2ccc(C)c(C#N)c2=O)n1. The number of hydrogen-bond acceptors (Lipinski definition) is 6. The molecule has 0 N–H and O–H groups in total. The topological polar surface area (TPSA) is 93.9 Å². The number of aryl methyl sites for hydroxylation is 1. The molecule has 0 aliphatic rings. The maximum Gasteiger partial charge on any atom is 0.269 e. The van der Waals surface area contributed by atoms with Gasteiger partial charge < -0.3 is 13.8 Å². The van der Waals surface area contributed by atoms with Gasteiger partial charge in [-0.3, -0.25) is 4.79 Å². The fourth-order valence-corrected chi connectivity index (χ4v) is 1.67. The van der Waals surface area contributed by atoms with Gasteiger partial charge in [0.15, 0.2) is 5.82 Å². The van der Waals surface area contributed by atoms with Gasteiger partial charge in [0.05, 0.1) is 0 Å². The predicted octanol–water partition coefficient (Wildman–Crippen LogP) is 1.17.